The van der Waals surface area contributed by atoms with Crippen molar-refractivity contribution in [2.24, 2.45) is 5.92 Å². The summed E-state index contributed by atoms with van der Waals surface area (Å²) in [6.45, 7) is 2.98. The summed E-state index contributed by atoms with van der Waals surface area (Å²) in [6.07, 6.45) is 0. The van der Waals surface area contributed by atoms with Crippen LogP contribution < -0.4 is 4.72 Å². The van der Waals surface area contributed by atoms with Gasteiger partial charge in [-0.1, -0.05) is 19.9 Å². The van der Waals surface area contributed by atoms with Crippen LogP contribution in [0.3, 0.4) is 0 Å². The quantitative estimate of drug-likeness (QED) is 0.794. The fourth-order valence-electron chi connectivity index (χ4n) is 1.29. The second-order valence-corrected chi connectivity index (χ2v) is 6.93. The van der Waals surface area contributed by atoms with Crippen molar-refractivity contribution in [1.82, 2.24) is 4.72 Å². The average Bonchev–Trinajstić information content (AvgIpc) is 2.87. The van der Waals surface area contributed by atoms with Crippen molar-refractivity contribution in [3.63, 3.8) is 0 Å². The van der Waals surface area contributed by atoms with Crippen LogP contribution in [-0.2, 0) is 19.6 Å². The first-order valence-corrected chi connectivity index (χ1v) is 7.84. The molecule has 0 saturated carbocycles. The molecule has 1 unspecified atom stereocenters. The molecule has 0 aromatic carbocycles. The van der Waals surface area contributed by atoms with Gasteiger partial charge in [0.05, 0.1) is 0 Å². The zero-order valence-electron chi connectivity index (χ0n) is 10.5. The number of carbonyl (C=O) groups excluding carboxylic acids is 1. The Morgan fingerprint density at radius 3 is 2.74 bits per heavy atom. The van der Waals surface area contributed by atoms with Crippen LogP contribution in [0.4, 0.5) is 0 Å². The lowest BCUT2D eigenvalue weighted by Gasteiger charge is -2.19. The lowest BCUT2D eigenvalue weighted by atomic mass is 10.1. The molecule has 0 fully saturated rings. The first-order valence-electron chi connectivity index (χ1n) is 5.48. The second-order valence-electron chi connectivity index (χ2n) is 4.04. The molecule has 1 N–H and O–H groups in total. The fraction of sp³-hybridized carbons (Fsp3) is 0.455. The molecule has 19 heavy (non-hydrogen) atoms. The van der Waals surface area contributed by atoms with E-state index >= 15 is 0 Å². The van der Waals surface area contributed by atoms with Crippen molar-refractivity contribution in [1.29, 1.82) is 5.26 Å². The molecule has 0 aliphatic carbocycles. The molecule has 1 atom stereocenters. The molecule has 1 aromatic heterocycles. The predicted molar refractivity (Wildman–Crippen MR) is 69.8 cm³/mol. The van der Waals surface area contributed by atoms with Crippen LogP contribution >= 0.6 is 11.3 Å². The lowest BCUT2D eigenvalue weighted by molar-refractivity contribution is -0.145. The van der Waals surface area contributed by atoms with E-state index in [4.69, 9.17) is 5.26 Å². The minimum absolute atomic E-state index is 0.131. The van der Waals surface area contributed by atoms with E-state index in [9.17, 15) is 13.2 Å². The molecule has 0 bridgehead atoms. The number of nitrogens with one attached hydrogen (secondary N) is 1. The van der Waals surface area contributed by atoms with Gasteiger partial charge in [0.2, 0.25) is 0 Å². The number of nitriles is 1. The molecule has 104 valence electrons. The maximum absolute atomic E-state index is 12.0. The third kappa shape index (κ3) is 4.31. The van der Waals surface area contributed by atoms with Gasteiger partial charge in [-0.2, -0.15) is 9.98 Å². The van der Waals surface area contributed by atoms with Crippen molar-refractivity contribution in [3.05, 3.63) is 17.5 Å². The summed E-state index contributed by atoms with van der Waals surface area (Å²) in [6, 6.07) is 3.71. The largest absolute Gasteiger partial charge is 0.449 e. The molecule has 0 saturated heterocycles. The summed E-state index contributed by atoms with van der Waals surface area (Å²) in [5.74, 6) is -1.04. The molecule has 0 radical (unpaired) electrons. The first-order chi connectivity index (χ1) is 8.88. The van der Waals surface area contributed by atoms with Gasteiger partial charge in [-0.05, 0) is 17.4 Å². The SMILES string of the molecule is CC(C)C(NS(=O)(=O)c1cccs1)C(=O)OCC#N. The summed E-state index contributed by atoms with van der Waals surface area (Å²) in [5, 5.41) is 9.99. The number of thiophene rings is 1. The third-order valence-corrected chi connectivity index (χ3v) is 5.08. The van der Waals surface area contributed by atoms with Gasteiger partial charge < -0.3 is 4.74 Å². The lowest BCUT2D eigenvalue weighted by Crippen LogP contribution is -2.45. The van der Waals surface area contributed by atoms with Crippen molar-refractivity contribution < 1.29 is 17.9 Å². The Balaban J connectivity index is 2.86. The number of hydrogen-bond donors (Lipinski definition) is 1. The highest BCUT2D eigenvalue weighted by atomic mass is 32.2. The monoisotopic (exact) mass is 302 g/mol. The van der Waals surface area contributed by atoms with E-state index in [2.05, 4.69) is 9.46 Å². The summed E-state index contributed by atoms with van der Waals surface area (Å²) in [4.78, 5) is 11.7. The van der Waals surface area contributed by atoms with Crippen LogP contribution in [0.25, 0.3) is 0 Å². The number of ether oxygens (including phenoxy) is 1. The highest BCUT2D eigenvalue weighted by Crippen LogP contribution is 2.17. The molecular formula is C11H14N2O4S2. The molecule has 8 heteroatoms. The van der Waals surface area contributed by atoms with Crippen molar-refractivity contribution in [3.8, 4) is 6.07 Å². The van der Waals surface area contributed by atoms with E-state index in [1.807, 2.05) is 0 Å². The maximum atomic E-state index is 12.0. The first kappa shape index (κ1) is 15.6. The minimum atomic E-state index is -3.75. The standard InChI is InChI=1S/C11H14N2O4S2/c1-8(2)10(11(14)17-6-5-12)13-19(15,16)9-4-3-7-18-9/h3-4,7-8,10,13H,6H2,1-2H3. The fourth-order valence-corrected chi connectivity index (χ4v) is 3.63. The summed E-state index contributed by atoms with van der Waals surface area (Å²) in [7, 11) is -3.75. The van der Waals surface area contributed by atoms with E-state index in [0.717, 1.165) is 11.3 Å². The van der Waals surface area contributed by atoms with Gasteiger partial charge in [-0.15, -0.1) is 11.3 Å². The van der Waals surface area contributed by atoms with Crippen LogP contribution in [-0.4, -0.2) is 27.0 Å². The van der Waals surface area contributed by atoms with Crippen molar-refractivity contribution >= 4 is 27.3 Å². The average molecular weight is 302 g/mol. The number of rotatable bonds is 6. The minimum Gasteiger partial charge on any atom is -0.449 e. The highest BCUT2D eigenvalue weighted by molar-refractivity contribution is 7.91. The molecular weight excluding hydrogens is 288 g/mol. The van der Waals surface area contributed by atoms with Gasteiger partial charge in [0.25, 0.3) is 10.0 Å². The number of hydrogen-bond acceptors (Lipinski definition) is 6. The number of sulfonamides is 1. The molecule has 0 aliphatic rings. The summed E-state index contributed by atoms with van der Waals surface area (Å²) < 4.78 is 31.1. The Morgan fingerprint density at radius 2 is 2.26 bits per heavy atom. The predicted octanol–water partition coefficient (Wildman–Crippen LogP) is 1.12. The van der Waals surface area contributed by atoms with Gasteiger partial charge in [0, 0.05) is 0 Å². The molecule has 1 heterocycles. The van der Waals surface area contributed by atoms with Crippen LogP contribution in [0.15, 0.2) is 21.7 Å². The number of nitrogens with zero attached hydrogens (tertiary/aromatic N) is 1. The summed E-state index contributed by atoms with van der Waals surface area (Å²) >= 11 is 1.06. The molecule has 1 aromatic rings. The van der Waals surface area contributed by atoms with Crippen molar-refractivity contribution in [2.45, 2.75) is 24.1 Å². The number of carbonyl (C=O) groups is 1. The molecule has 0 spiro atoms. The second kappa shape index (κ2) is 6.65. The topological polar surface area (TPSA) is 96.3 Å². The molecule has 0 amide bonds. The Bertz CT molecular complexity index is 558. The van der Waals surface area contributed by atoms with Gasteiger partial charge in [-0.25, -0.2) is 8.42 Å². The zero-order chi connectivity index (χ0) is 14.5. The summed E-state index contributed by atoms with van der Waals surface area (Å²) in [5.41, 5.74) is 0. The Kier molecular flexibility index (Phi) is 5.47. The van der Waals surface area contributed by atoms with Gasteiger partial charge in [0.1, 0.15) is 16.3 Å². The molecule has 1 rings (SSSR count). The van der Waals surface area contributed by atoms with Crippen LogP contribution in [0, 0.1) is 17.2 Å². The van der Waals surface area contributed by atoms with Crippen LogP contribution in [0.2, 0.25) is 0 Å². The van der Waals surface area contributed by atoms with E-state index in [-0.39, 0.29) is 10.1 Å². The Labute approximate surface area is 116 Å². The highest BCUT2D eigenvalue weighted by Gasteiger charge is 2.29. The molecule has 0 aliphatic heterocycles. The van der Waals surface area contributed by atoms with E-state index in [0.29, 0.717) is 0 Å². The van der Waals surface area contributed by atoms with Gasteiger partial charge >= 0.3 is 5.97 Å². The molecule has 6 nitrogen and oxygen atoms in total. The zero-order valence-corrected chi connectivity index (χ0v) is 12.1. The van der Waals surface area contributed by atoms with E-state index < -0.39 is 28.6 Å². The normalized spacial score (nSPS) is 12.9. The maximum Gasteiger partial charge on any atom is 0.325 e. The smallest absolute Gasteiger partial charge is 0.325 e. The van der Waals surface area contributed by atoms with Crippen LogP contribution in [0.5, 0.6) is 0 Å². The van der Waals surface area contributed by atoms with Crippen LogP contribution in [0.1, 0.15) is 13.8 Å². The van der Waals surface area contributed by atoms with Gasteiger partial charge in [-0.3, -0.25) is 4.79 Å². The van der Waals surface area contributed by atoms with E-state index in [1.165, 1.54) is 6.07 Å². The van der Waals surface area contributed by atoms with Gasteiger partial charge in [0.15, 0.2) is 6.61 Å². The van der Waals surface area contributed by atoms with Crippen molar-refractivity contribution in [2.75, 3.05) is 6.61 Å². The number of esters is 1. The Hall–Kier alpha value is -1.43. The third-order valence-electron chi connectivity index (χ3n) is 2.24. The van der Waals surface area contributed by atoms with E-state index in [1.54, 1.807) is 31.4 Å². The Morgan fingerprint density at radius 1 is 1.58 bits per heavy atom.